The van der Waals surface area contributed by atoms with Gasteiger partial charge in [0.05, 0.1) is 5.56 Å². The maximum atomic E-state index is 13.6. The lowest BCUT2D eigenvalue weighted by Gasteiger charge is -2.10. The van der Waals surface area contributed by atoms with Crippen molar-refractivity contribution in [3.63, 3.8) is 0 Å². The minimum absolute atomic E-state index is 0.200. The summed E-state index contributed by atoms with van der Waals surface area (Å²) in [6, 6.07) is 16.1. The van der Waals surface area contributed by atoms with Crippen molar-refractivity contribution < 1.29 is 9.18 Å². The maximum Gasteiger partial charge on any atom is 0.257 e. The summed E-state index contributed by atoms with van der Waals surface area (Å²) in [5.74, 6) is 0.245. The van der Waals surface area contributed by atoms with Crippen molar-refractivity contribution in [2.75, 3.05) is 17.2 Å². The summed E-state index contributed by atoms with van der Waals surface area (Å²) in [5, 5.41) is 6.06. The molecule has 0 saturated carbocycles. The SMILES string of the molecule is Cc1ccc(C)c(NC(=O)c2ccc(NCCc3ccccc3F)nc2)c1. The summed E-state index contributed by atoms with van der Waals surface area (Å²) in [5.41, 5.74) is 4.04. The quantitative estimate of drug-likeness (QED) is 0.665. The number of benzene rings is 2. The van der Waals surface area contributed by atoms with Gasteiger partial charge in [0.25, 0.3) is 5.91 Å². The highest BCUT2D eigenvalue weighted by Gasteiger charge is 2.09. The molecule has 0 radical (unpaired) electrons. The Morgan fingerprint density at radius 2 is 1.89 bits per heavy atom. The number of halogens is 1. The summed E-state index contributed by atoms with van der Waals surface area (Å²) >= 11 is 0. The summed E-state index contributed by atoms with van der Waals surface area (Å²) in [6.07, 6.45) is 2.09. The van der Waals surface area contributed by atoms with E-state index in [9.17, 15) is 9.18 Å². The van der Waals surface area contributed by atoms with E-state index in [0.29, 0.717) is 29.9 Å². The molecule has 4 nitrogen and oxygen atoms in total. The second-order valence-corrected chi connectivity index (χ2v) is 6.47. The molecule has 1 aromatic heterocycles. The van der Waals surface area contributed by atoms with Crippen molar-refractivity contribution in [2.45, 2.75) is 20.3 Å². The fraction of sp³-hybridized carbons (Fsp3) is 0.182. The van der Waals surface area contributed by atoms with Crippen molar-refractivity contribution in [1.82, 2.24) is 4.98 Å². The number of aromatic nitrogens is 1. The highest BCUT2D eigenvalue weighted by molar-refractivity contribution is 6.04. The average molecular weight is 363 g/mol. The van der Waals surface area contributed by atoms with Crippen LogP contribution in [-0.2, 0) is 6.42 Å². The number of pyridine rings is 1. The van der Waals surface area contributed by atoms with Crippen molar-refractivity contribution in [2.24, 2.45) is 0 Å². The molecule has 0 fully saturated rings. The Kier molecular flexibility index (Phi) is 5.81. The van der Waals surface area contributed by atoms with E-state index in [4.69, 9.17) is 0 Å². The lowest BCUT2D eigenvalue weighted by molar-refractivity contribution is 0.102. The van der Waals surface area contributed by atoms with Crippen molar-refractivity contribution >= 4 is 17.4 Å². The van der Waals surface area contributed by atoms with Crippen LogP contribution >= 0.6 is 0 Å². The first-order chi connectivity index (χ1) is 13.0. The standard InChI is InChI=1S/C22H22FN3O/c1-15-7-8-16(2)20(13-15)26-22(27)18-9-10-21(25-14-18)24-12-11-17-5-3-4-6-19(17)23/h3-10,13-14H,11-12H2,1-2H3,(H,24,25)(H,26,27). The first-order valence-corrected chi connectivity index (χ1v) is 8.85. The minimum atomic E-state index is -0.203. The Hall–Kier alpha value is -3.21. The molecule has 0 spiro atoms. The molecule has 3 rings (SSSR count). The van der Waals surface area contributed by atoms with Gasteiger partial charge in [0.2, 0.25) is 0 Å². The van der Waals surface area contributed by atoms with Crippen LogP contribution in [0.1, 0.15) is 27.0 Å². The number of carbonyl (C=O) groups excluding carboxylic acids is 1. The molecule has 0 aliphatic carbocycles. The van der Waals surface area contributed by atoms with Gasteiger partial charge < -0.3 is 10.6 Å². The van der Waals surface area contributed by atoms with Gasteiger partial charge in [0.15, 0.2) is 0 Å². The molecular weight excluding hydrogens is 341 g/mol. The predicted octanol–water partition coefficient (Wildman–Crippen LogP) is 4.74. The van der Waals surface area contributed by atoms with E-state index in [2.05, 4.69) is 15.6 Å². The molecule has 2 aromatic carbocycles. The van der Waals surface area contributed by atoms with E-state index in [1.165, 1.54) is 12.3 Å². The van der Waals surface area contributed by atoms with Crippen LogP contribution in [0.15, 0.2) is 60.8 Å². The fourth-order valence-electron chi connectivity index (χ4n) is 2.72. The van der Waals surface area contributed by atoms with E-state index in [-0.39, 0.29) is 11.7 Å². The van der Waals surface area contributed by atoms with Gasteiger partial charge in [0, 0.05) is 18.4 Å². The second-order valence-electron chi connectivity index (χ2n) is 6.47. The molecule has 5 heteroatoms. The van der Waals surface area contributed by atoms with E-state index in [1.807, 2.05) is 38.1 Å². The van der Waals surface area contributed by atoms with E-state index < -0.39 is 0 Å². The lowest BCUT2D eigenvalue weighted by Crippen LogP contribution is -2.14. The molecule has 0 unspecified atom stereocenters. The molecule has 1 heterocycles. The van der Waals surface area contributed by atoms with Crippen LogP contribution in [0, 0.1) is 19.7 Å². The van der Waals surface area contributed by atoms with Gasteiger partial charge in [-0.1, -0.05) is 30.3 Å². The summed E-state index contributed by atoms with van der Waals surface area (Å²) in [4.78, 5) is 16.7. The second kappa shape index (κ2) is 8.45. The first kappa shape index (κ1) is 18.6. The largest absolute Gasteiger partial charge is 0.370 e. The Labute approximate surface area is 158 Å². The molecule has 2 N–H and O–H groups in total. The molecule has 3 aromatic rings. The number of hydrogen-bond donors (Lipinski definition) is 2. The van der Waals surface area contributed by atoms with Crippen LogP contribution in [0.2, 0.25) is 0 Å². The number of carbonyl (C=O) groups is 1. The van der Waals surface area contributed by atoms with Gasteiger partial charge in [-0.25, -0.2) is 9.37 Å². The highest BCUT2D eigenvalue weighted by atomic mass is 19.1. The zero-order chi connectivity index (χ0) is 19.2. The van der Waals surface area contributed by atoms with Crippen LogP contribution in [0.4, 0.5) is 15.9 Å². The van der Waals surface area contributed by atoms with Crippen molar-refractivity contribution in [1.29, 1.82) is 0 Å². The van der Waals surface area contributed by atoms with Gasteiger partial charge in [-0.3, -0.25) is 4.79 Å². The predicted molar refractivity (Wildman–Crippen MR) is 107 cm³/mol. The van der Waals surface area contributed by atoms with E-state index in [0.717, 1.165) is 16.8 Å². The normalized spacial score (nSPS) is 10.5. The number of aryl methyl sites for hydroxylation is 2. The first-order valence-electron chi connectivity index (χ1n) is 8.85. The van der Waals surface area contributed by atoms with Gasteiger partial charge in [-0.15, -0.1) is 0 Å². The Morgan fingerprint density at radius 3 is 2.63 bits per heavy atom. The molecular formula is C22H22FN3O. The van der Waals surface area contributed by atoms with Crippen molar-refractivity contribution in [3.05, 3.63) is 88.9 Å². The molecule has 0 aliphatic rings. The molecule has 1 amide bonds. The molecule has 0 bridgehead atoms. The summed E-state index contributed by atoms with van der Waals surface area (Å²) in [6.45, 7) is 4.50. The van der Waals surface area contributed by atoms with Crippen LogP contribution in [-0.4, -0.2) is 17.4 Å². The molecule has 0 atom stereocenters. The monoisotopic (exact) mass is 363 g/mol. The third-order valence-electron chi connectivity index (χ3n) is 4.33. The van der Waals surface area contributed by atoms with E-state index >= 15 is 0 Å². The number of hydrogen-bond acceptors (Lipinski definition) is 3. The number of rotatable bonds is 6. The zero-order valence-electron chi connectivity index (χ0n) is 15.4. The van der Waals surface area contributed by atoms with E-state index in [1.54, 1.807) is 24.3 Å². The third-order valence-corrected chi connectivity index (χ3v) is 4.33. The average Bonchev–Trinajstić information content (AvgIpc) is 2.67. The Bertz CT molecular complexity index is 939. The number of nitrogens with one attached hydrogen (secondary N) is 2. The van der Waals surface area contributed by atoms with Crippen LogP contribution in [0.3, 0.4) is 0 Å². The summed E-state index contributed by atoms with van der Waals surface area (Å²) < 4.78 is 13.6. The van der Waals surface area contributed by atoms with Gasteiger partial charge >= 0.3 is 0 Å². The van der Waals surface area contributed by atoms with Crippen LogP contribution < -0.4 is 10.6 Å². The van der Waals surface area contributed by atoms with Gasteiger partial charge in [-0.2, -0.15) is 0 Å². The minimum Gasteiger partial charge on any atom is -0.370 e. The topological polar surface area (TPSA) is 54.0 Å². The smallest absolute Gasteiger partial charge is 0.257 e. The van der Waals surface area contributed by atoms with Crippen LogP contribution in [0.25, 0.3) is 0 Å². The number of amides is 1. The van der Waals surface area contributed by atoms with Gasteiger partial charge in [-0.05, 0) is 61.2 Å². The zero-order valence-corrected chi connectivity index (χ0v) is 15.4. The Morgan fingerprint density at radius 1 is 1.07 bits per heavy atom. The summed E-state index contributed by atoms with van der Waals surface area (Å²) in [7, 11) is 0. The number of anilines is 2. The van der Waals surface area contributed by atoms with Crippen molar-refractivity contribution in [3.8, 4) is 0 Å². The van der Waals surface area contributed by atoms with Gasteiger partial charge in [0.1, 0.15) is 11.6 Å². The maximum absolute atomic E-state index is 13.6. The molecule has 138 valence electrons. The number of nitrogens with zero attached hydrogens (tertiary/aromatic N) is 1. The lowest BCUT2D eigenvalue weighted by atomic mass is 10.1. The molecule has 27 heavy (non-hydrogen) atoms. The third kappa shape index (κ3) is 4.91. The molecule has 0 saturated heterocycles. The molecule has 0 aliphatic heterocycles. The van der Waals surface area contributed by atoms with Crippen LogP contribution in [0.5, 0.6) is 0 Å². The Balaban J connectivity index is 1.57. The fourth-order valence-corrected chi connectivity index (χ4v) is 2.72. The highest BCUT2D eigenvalue weighted by Crippen LogP contribution is 2.17.